The Morgan fingerprint density at radius 3 is 2.63 bits per heavy atom. The lowest BCUT2D eigenvalue weighted by atomic mass is 10.1. The van der Waals surface area contributed by atoms with Gasteiger partial charge < -0.3 is 9.80 Å². The highest BCUT2D eigenvalue weighted by atomic mass is 19.1. The number of aromatic nitrogens is 2. The number of benzene rings is 2. The minimum atomic E-state index is -0.210. The van der Waals surface area contributed by atoms with E-state index < -0.39 is 0 Å². The normalized spacial score (nSPS) is 14.7. The van der Waals surface area contributed by atoms with Crippen molar-refractivity contribution in [2.75, 3.05) is 31.1 Å². The second-order valence-electron chi connectivity index (χ2n) is 6.94. The lowest BCUT2D eigenvalue weighted by molar-refractivity contribution is -0.131. The number of anilines is 1. The van der Waals surface area contributed by atoms with Gasteiger partial charge in [0.2, 0.25) is 5.91 Å². The van der Waals surface area contributed by atoms with Crippen LogP contribution in [0.1, 0.15) is 12.0 Å². The fraction of sp³-hybridized carbons (Fsp3) is 0.333. The number of rotatable bonds is 4. The first-order chi connectivity index (χ1) is 13.1. The molecule has 2 heterocycles. The van der Waals surface area contributed by atoms with E-state index >= 15 is 0 Å². The molecule has 1 amide bonds. The highest BCUT2D eigenvalue weighted by Gasteiger charge is 2.22. The molecular formula is C21H23FN4O. The van der Waals surface area contributed by atoms with Gasteiger partial charge in [0.1, 0.15) is 5.82 Å². The first-order valence-corrected chi connectivity index (χ1v) is 9.32. The molecule has 5 nitrogen and oxygen atoms in total. The minimum Gasteiger partial charge on any atom is -0.366 e. The van der Waals surface area contributed by atoms with E-state index in [9.17, 15) is 9.18 Å². The minimum absolute atomic E-state index is 0.125. The van der Waals surface area contributed by atoms with E-state index in [-0.39, 0.29) is 11.7 Å². The molecule has 1 aliphatic rings. The largest absolute Gasteiger partial charge is 0.366 e. The number of carbonyl (C=O) groups is 1. The molecule has 27 heavy (non-hydrogen) atoms. The summed E-state index contributed by atoms with van der Waals surface area (Å²) in [6, 6.07) is 12.9. The molecule has 1 aromatic heterocycles. The third kappa shape index (κ3) is 3.52. The van der Waals surface area contributed by atoms with Crippen molar-refractivity contribution in [2.45, 2.75) is 19.9 Å². The molecule has 4 rings (SSSR count). The Hall–Kier alpha value is -2.89. The molecular weight excluding hydrogens is 343 g/mol. The van der Waals surface area contributed by atoms with Gasteiger partial charge in [-0.25, -0.2) is 4.39 Å². The van der Waals surface area contributed by atoms with E-state index in [2.05, 4.69) is 18.1 Å². The number of fused-ring (bicyclic) bond motifs is 1. The summed E-state index contributed by atoms with van der Waals surface area (Å²) in [6.07, 6.45) is 2.28. The van der Waals surface area contributed by atoms with E-state index in [0.29, 0.717) is 44.8 Å². The van der Waals surface area contributed by atoms with Gasteiger partial charge in [-0.15, -0.1) is 0 Å². The van der Waals surface area contributed by atoms with Crippen LogP contribution in [0.25, 0.3) is 10.9 Å². The first-order valence-electron chi connectivity index (χ1n) is 9.32. The number of nitrogens with zero attached hydrogens (tertiary/aromatic N) is 4. The Balaban J connectivity index is 1.34. The quantitative estimate of drug-likeness (QED) is 0.712. The number of aryl methyl sites for hydroxylation is 2. The van der Waals surface area contributed by atoms with E-state index in [0.717, 1.165) is 10.9 Å². The number of hydrogen-bond acceptors (Lipinski definition) is 3. The molecule has 1 aliphatic heterocycles. The lowest BCUT2D eigenvalue weighted by Gasteiger charge is -2.36. The van der Waals surface area contributed by atoms with Crippen LogP contribution >= 0.6 is 0 Å². The molecule has 6 heteroatoms. The van der Waals surface area contributed by atoms with Crippen molar-refractivity contribution in [3.8, 4) is 0 Å². The van der Waals surface area contributed by atoms with E-state index in [4.69, 9.17) is 0 Å². The number of carbonyl (C=O) groups excluding carboxylic acids is 1. The average Bonchev–Trinajstić information content (AvgIpc) is 3.11. The Morgan fingerprint density at radius 2 is 1.85 bits per heavy atom. The van der Waals surface area contributed by atoms with Gasteiger partial charge >= 0.3 is 0 Å². The Bertz CT molecular complexity index is 960. The maximum atomic E-state index is 13.9. The summed E-state index contributed by atoms with van der Waals surface area (Å²) in [6.45, 7) is 5.17. The molecule has 0 atom stereocenters. The fourth-order valence-electron chi connectivity index (χ4n) is 3.69. The van der Waals surface area contributed by atoms with Crippen LogP contribution < -0.4 is 4.90 Å². The van der Waals surface area contributed by atoms with Crippen LogP contribution in [0.3, 0.4) is 0 Å². The molecule has 0 saturated carbocycles. The fourth-order valence-corrected chi connectivity index (χ4v) is 3.69. The summed E-state index contributed by atoms with van der Waals surface area (Å²) in [5.74, 6) is -0.0855. The van der Waals surface area contributed by atoms with E-state index in [1.165, 1.54) is 11.6 Å². The number of piperazine rings is 1. The summed E-state index contributed by atoms with van der Waals surface area (Å²) < 4.78 is 15.8. The maximum Gasteiger partial charge on any atom is 0.224 e. The zero-order valence-corrected chi connectivity index (χ0v) is 15.4. The van der Waals surface area contributed by atoms with Gasteiger partial charge in [0.25, 0.3) is 0 Å². The van der Waals surface area contributed by atoms with Gasteiger partial charge in [0.15, 0.2) is 0 Å². The van der Waals surface area contributed by atoms with Gasteiger partial charge in [0.05, 0.1) is 23.9 Å². The number of para-hydroxylation sites is 1. The zero-order chi connectivity index (χ0) is 18.8. The average molecular weight is 366 g/mol. The first kappa shape index (κ1) is 17.5. The molecule has 0 bridgehead atoms. The summed E-state index contributed by atoms with van der Waals surface area (Å²) in [7, 11) is 0. The second-order valence-corrected chi connectivity index (χ2v) is 6.94. The van der Waals surface area contributed by atoms with Crippen LogP contribution in [0.2, 0.25) is 0 Å². The molecule has 1 fully saturated rings. The zero-order valence-electron chi connectivity index (χ0n) is 15.4. The van der Waals surface area contributed by atoms with Crippen molar-refractivity contribution < 1.29 is 9.18 Å². The maximum absolute atomic E-state index is 13.9. The SMILES string of the molecule is Cc1cccc2c1cnn2CCC(=O)N1CCN(c2ccccc2F)CC1. The predicted molar refractivity (Wildman–Crippen MR) is 104 cm³/mol. The van der Waals surface area contributed by atoms with Crippen LogP contribution in [-0.2, 0) is 11.3 Å². The highest BCUT2D eigenvalue weighted by Crippen LogP contribution is 2.21. The third-order valence-electron chi connectivity index (χ3n) is 5.27. The molecule has 0 aliphatic carbocycles. The summed E-state index contributed by atoms with van der Waals surface area (Å²) in [4.78, 5) is 16.5. The number of halogens is 1. The van der Waals surface area contributed by atoms with Gasteiger partial charge in [0, 0.05) is 38.0 Å². The van der Waals surface area contributed by atoms with Crippen molar-refractivity contribution in [1.82, 2.24) is 14.7 Å². The second kappa shape index (κ2) is 7.39. The molecule has 0 unspecified atom stereocenters. The van der Waals surface area contributed by atoms with Crippen LogP contribution in [-0.4, -0.2) is 46.8 Å². The van der Waals surface area contributed by atoms with Crippen molar-refractivity contribution in [3.63, 3.8) is 0 Å². The molecule has 0 radical (unpaired) electrons. The van der Waals surface area contributed by atoms with Gasteiger partial charge in [-0.3, -0.25) is 9.48 Å². The molecule has 2 aromatic carbocycles. The van der Waals surface area contributed by atoms with Crippen molar-refractivity contribution >= 4 is 22.5 Å². The van der Waals surface area contributed by atoms with E-state index in [1.54, 1.807) is 12.1 Å². The Kier molecular flexibility index (Phi) is 4.79. The van der Waals surface area contributed by atoms with Crippen LogP contribution in [0.5, 0.6) is 0 Å². The number of hydrogen-bond donors (Lipinski definition) is 0. The highest BCUT2D eigenvalue weighted by molar-refractivity contribution is 5.82. The Labute approximate surface area is 158 Å². The van der Waals surface area contributed by atoms with Gasteiger partial charge in [-0.2, -0.15) is 5.10 Å². The monoisotopic (exact) mass is 366 g/mol. The molecule has 1 saturated heterocycles. The topological polar surface area (TPSA) is 41.4 Å². The van der Waals surface area contributed by atoms with Gasteiger partial charge in [-0.05, 0) is 30.7 Å². The lowest BCUT2D eigenvalue weighted by Crippen LogP contribution is -2.49. The van der Waals surface area contributed by atoms with E-state index in [1.807, 2.05) is 38.9 Å². The van der Waals surface area contributed by atoms with Crippen LogP contribution in [0.4, 0.5) is 10.1 Å². The van der Waals surface area contributed by atoms with Crippen molar-refractivity contribution in [1.29, 1.82) is 0 Å². The Morgan fingerprint density at radius 1 is 1.07 bits per heavy atom. The summed E-state index contributed by atoms with van der Waals surface area (Å²) in [5, 5.41) is 5.56. The molecule has 3 aromatic rings. The standard InChI is InChI=1S/C21H23FN4O/c1-16-5-4-8-19-17(16)15-23-26(19)10-9-21(27)25-13-11-24(12-14-25)20-7-3-2-6-18(20)22/h2-8,15H,9-14H2,1H3. The van der Waals surface area contributed by atoms with Crippen LogP contribution in [0, 0.1) is 12.7 Å². The van der Waals surface area contributed by atoms with Crippen LogP contribution in [0.15, 0.2) is 48.7 Å². The van der Waals surface area contributed by atoms with Crippen molar-refractivity contribution in [2.24, 2.45) is 0 Å². The van der Waals surface area contributed by atoms with Gasteiger partial charge in [-0.1, -0.05) is 24.3 Å². The molecule has 0 N–H and O–H groups in total. The summed E-state index contributed by atoms with van der Waals surface area (Å²) in [5.41, 5.74) is 2.87. The molecule has 0 spiro atoms. The summed E-state index contributed by atoms with van der Waals surface area (Å²) >= 11 is 0. The molecule has 140 valence electrons. The predicted octanol–water partition coefficient (Wildman–Crippen LogP) is 3.22. The third-order valence-corrected chi connectivity index (χ3v) is 5.27. The van der Waals surface area contributed by atoms with Crippen molar-refractivity contribution in [3.05, 3.63) is 60.0 Å². The number of amides is 1. The smallest absolute Gasteiger partial charge is 0.224 e.